The van der Waals surface area contributed by atoms with Gasteiger partial charge in [-0.25, -0.2) is 9.78 Å². The first kappa shape index (κ1) is 13.1. The fourth-order valence-electron chi connectivity index (χ4n) is 0.931. The molecule has 2 N–H and O–H groups in total. The highest BCUT2D eigenvalue weighted by atomic mass is 19.4. The maximum Gasteiger partial charge on any atom is 0.405 e. The molecule has 0 saturated carbocycles. The molecule has 5 nitrogen and oxygen atoms in total. The molecule has 0 aliphatic rings. The van der Waals surface area contributed by atoms with Gasteiger partial charge in [-0.2, -0.15) is 13.2 Å². The molecule has 1 aromatic rings. The number of hydrogen-bond donors (Lipinski definition) is 2. The summed E-state index contributed by atoms with van der Waals surface area (Å²) in [5.41, 5.74) is 0.269. The van der Waals surface area contributed by atoms with E-state index in [4.69, 9.17) is 4.74 Å². The molecular weight excluding hydrogens is 239 g/mol. The third-order valence-corrected chi connectivity index (χ3v) is 1.65. The van der Waals surface area contributed by atoms with E-state index in [1.54, 1.807) is 5.32 Å². The van der Waals surface area contributed by atoms with Crippen LogP contribution >= 0.6 is 0 Å². The van der Waals surface area contributed by atoms with Crippen LogP contribution in [0.25, 0.3) is 0 Å². The molecule has 0 fully saturated rings. The largest absolute Gasteiger partial charge is 0.481 e. The summed E-state index contributed by atoms with van der Waals surface area (Å²) in [7, 11) is 1.42. The summed E-state index contributed by atoms with van der Waals surface area (Å²) < 4.78 is 40.1. The Kier molecular flexibility index (Phi) is 4.13. The number of nitrogens with zero attached hydrogens (tertiary/aromatic N) is 1. The summed E-state index contributed by atoms with van der Waals surface area (Å²) in [6, 6.07) is 1.98. The van der Waals surface area contributed by atoms with Gasteiger partial charge in [-0.3, -0.25) is 0 Å². The van der Waals surface area contributed by atoms with Gasteiger partial charge in [0.25, 0.3) is 0 Å². The molecule has 2 amide bonds. The van der Waals surface area contributed by atoms with Gasteiger partial charge in [0.05, 0.1) is 19.0 Å². The summed E-state index contributed by atoms with van der Waals surface area (Å²) in [6.45, 7) is -1.39. The molecule has 0 spiro atoms. The lowest BCUT2D eigenvalue weighted by Gasteiger charge is -2.09. The number of urea groups is 1. The van der Waals surface area contributed by atoms with Crippen LogP contribution in [0, 0.1) is 0 Å². The summed E-state index contributed by atoms with van der Waals surface area (Å²) in [6.07, 6.45) is -3.17. The lowest BCUT2D eigenvalue weighted by atomic mass is 10.4. The van der Waals surface area contributed by atoms with Gasteiger partial charge in [-0.05, 0) is 6.07 Å². The number of anilines is 1. The Morgan fingerprint density at radius 3 is 2.65 bits per heavy atom. The Morgan fingerprint density at radius 1 is 1.47 bits per heavy atom. The second kappa shape index (κ2) is 5.37. The number of aromatic nitrogens is 1. The Balaban J connectivity index is 2.45. The molecule has 1 rings (SSSR count). The molecule has 8 heteroatoms. The van der Waals surface area contributed by atoms with Crippen molar-refractivity contribution in [3.8, 4) is 5.88 Å². The molecule has 0 atom stereocenters. The van der Waals surface area contributed by atoms with Crippen LogP contribution in [0.2, 0.25) is 0 Å². The molecular formula is C9H10F3N3O2. The van der Waals surface area contributed by atoms with Gasteiger partial charge in [-0.1, -0.05) is 0 Å². The van der Waals surface area contributed by atoms with E-state index in [9.17, 15) is 18.0 Å². The van der Waals surface area contributed by atoms with E-state index in [2.05, 4.69) is 10.3 Å². The van der Waals surface area contributed by atoms with Crippen LogP contribution in [-0.2, 0) is 0 Å². The molecule has 0 unspecified atom stereocenters. The predicted molar refractivity (Wildman–Crippen MR) is 53.9 cm³/mol. The molecule has 94 valence electrons. The van der Waals surface area contributed by atoms with E-state index in [0.29, 0.717) is 5.88 Å². The number of pyridine rings is 1. The topological polar surface area (TPSA) is 63.2 Å². The molecule has 0 aromatic carbocycles. The van der Waals surface area contributed by atoms with Crippen LogP contribution in [-0.4, -0.2) is 30.8 Å². The van der Waals surface area contributed by atoms with Crippen molar-refractivity contribution in [1.29, 1.82) is 0 Å². The van der Waals surface area contributed by atoms with Crippen LogP contribution in [0.3, 0.4) is 0 Å². The first-order chi connectivity index (χ1) is 7.90. The standard InChI is InChI=1S/C9H10F3N3O2/c1-17-7-3-2-6(4-13-7)15-8(16)14-5-9(10,11)12/h2-4H,5H2,1H3,(H2,14,15,16). The molecule has 17 heavy (non-hydrogen) atoms. The number of amides is 2. The fraction of sp³-hybridized carbons (Fsp3) is 0.333. The minimum Gasteiger partial charge on any atom is -0.481 e. The highest BCUT2D eigenvalue weighted by molar-refractivity contribution is 5.89. The lowest BCUT2D eigenvalue weighted by Crippen LogP contribution is -2.36. The van der Waals surface area contributed by atoms with Crippen molar-refractivity contribution in [1.82, 2.24) is 10.3 Å². The number of halogens is 3. The average Bonchev–Trinajstić information content (AvgIpc) is 2.27. The number of alkyl halides is 3. The van der Waals surface area contributed by atoms with Crippen molar-refractivity contribution in [2.24, 2.45) is 0 Å². The van der Waals surface area contributed by atoms with Gasteiger partial charge in [-0.15, -0.1) is 0 Å². The van der Waals surface area contributed by atoms with Gasteiger partial charge in [0.15, 0.2) is 0 Å². The zero-order chi connectivity index (χ0) is 12.9. The second-order valence-electron chi connectivity index (χ2n) is 3.01. The van der Waals surface area contributed by atoms with Crippen molar-refractivity contribution in [3.05, 3.63) is 18.3 Å². The zero-order valence-electron chi connectivity index (χ0n) is 8.84. The van der Waals surface area contributed by atoms with Gasteiger partial charge in [0.2, 0.25) is 5.88 Å². The second-order valence-corrected chi connectivity index (χ2v) is 3.01. The Labute approximate surface area is 95.0 Å². The van der Waals surface area contributed by atoms with Gasteiger partial charge in [0, 0.05) is 6.07 Å². The third-order valence-electron chi connectivity index (χ3n) is 1.65. The van der Waals surface area contributed by atoms with E-state index in [1.165, 1.54) is 25.4 Å². The van der Waals surface area contributed by atoms with Crippen molar-refractivity contribution in [2.75, 3.05) is 19.0 Å². The van der Waals surface area contributed by atoms with Crippen molar-refractivity contribution >= 4 is 11.7 Å². The molecule has 0 bridgehead atoms. The quantitative estimate of drug-likeness (QED) is 0.858. The first-order valence-electron chi connectivity index (χ1n) is 4.52. The van der Waals surface area contributed by atoms with E-state index >= 15 is 0 Å². The first-order valence-corrected chi connectivity index (χ1v) is 4.52. The summed E-state index contributed by atoms with van der Waals surface area (Å²) in [5, 5.41) is 3.86. The van der Waals surface area contributed by atoms with Crippen LogP contribution in [0.5, 0.6) is 5.88 Å². The van der Waals surface area contributed by atoms with Crippen LogP contribution in [0.1, 0.15) is 0 Å². The number of ether oxygens (including phenoxy) is 1. The monoisotopic (exact) mass is 249 g/mol. The Morgan fingerprint density at radius 2 is 2.18 bits per heavy atom. The molecule has 1 aromatic heterocycles. The van der Waals surface area contributed by atoms with E-state index < -0.39 is 18.8 Å². The molecule has 0 aliphatic heterocycles. The average molecular weight is 249 g/mol. The van der Waals surface area contributed by atoms with Gasteiger partial charge < -0.3 is 15.4 Å². The Bertz CT molecular complexity index is 378. The summed E-state index contributed by atoms with van der Waals surface area (Å²) >= 11 is 0. The highest BCUT2D eigenvalue weighted by Crippen LogP contribution is 2.13. The molecule has 0 radical (unpaired) electrons. The number of rotatable bonds is 3. The third kappa shape index (κ3) is 5.05. The van der Waals surface area contributed by atoms with Crippen molar-refractivity contribution in [2.45, 2.75) is 6.18 Å². The smallest absolute Gasteiger partial charge is 0.405 e. The summed E-state index contributed by atoms with van der Waals surface area (Å²) in [4.78, 5) is 14.8. The SMILES string of the molecule is COc1ccc(NC(=O)NCC(F)(F)F)cn1. The lowest BCUT2D eigenvalue weighted by molar-refractivity contribution is -0.122. The molecule has 0 aliphatic carbocycles. The van der Waals surface area contributed by atoms with E-state index in [-0.39, 0.29) is 5.69 Å². The van der Waals surface area contributed by atoms with Crippen molar-refractivity contribution < 1.29 is 22.7 Å². The number of nitrogens with one attached hydrogen (secondary N) is 2. The minimum atomic E-state index is -4.44. The normalized spacial score (nSPS) is 10.8. The van der Waals surface area contributed by atoms with E-state index in [0.717, 1.165) is 0 Å². The fourth-order valence-corrected chi connectivity index (χ4v) is 0.931. The maximum atomic E-state index is 11.8. The molecule has 1 heterocycles. The van der Waals surface area contributed by atoms with Crippen LogP contribution in [0.4, 0.5) is 23.7 Å². The van der Waals surface area contributed by atoms with Crippen LogP contribution < -0.4 is 15.4 Å². The van der Waals surface area contributed by atoms with Gasteiger partial charge in [0.1, 0.15) is 6.54 Å². The number of carbonyl (C=O) groups is 1. The van der Waals surface area contributed by atoms with Crippen molar-refractivity contribution in [3.63, 3.8) is 0 Å². The maximum absolute atomic E-state index is 11.8. The summed E-state index contributed by atoms with van der Waals surface area (Å²) in [5.74, 6) is 0.339. The minimum absolute atomic E-state index is 0.269. The number of methoxy groups -OCH3 is 1. The van der Waals surface area contributed by atoms with E-state index in [1.807, 2.05) is 0 Å². The predicted octanol–water partition coefficient (Wildman–Crippen LogP) is 1.77. The number of hydrogen-bond acceptors (Lipinski definition) is 3. The van der Waals surface area contributed by atoms with Gasteiger partial charge >= 0.3 is 12.2 Å². The highest BCUT2D eigenvalue weighted by Gasteiger charge is 2.27. The Hall–Kier alpha value is -1.99. The zero-order valence-corrected chi connectivity index (χ0v) is 8.84. The van der Waals surface area contributed by atoms with Crippen LogP contribution in [0.15, 0.2) is 18.3 Å². The molecule has 0 saturated heterocycles. The number of carbonyl (C=O) groups excluding carboxylic acids is 1.